The molecule has 0 bridgehead atoms. The number of carbonyl (C=O) groups excluding carboxylic acids is 1. The molecule has 3 heterocycles. The van der Waals surface area contributed by atoms with Crippen LogP contribution in [0.2, 0.25) is 0 Å². The van der Waals surface area contributed by atoms with Crippen molar-refractivity contribution in [3.8, 4) is 0 Å². The minimum Gasteiger partial charge on any atom is -0.339 e. The average molecular weight is 345 g/mol. The Labute approximate surface area is 153 Å². The minimum atomic E-state index is 0.127. The van der Waals surface area contributed by atoms with Gasteiger partial charge in [-0.25, -0.2) is 0 Å². The lowest BCUT2D eigenvalue weighted by Gasteiger charge is -2.32. The number of hydrogen-bond donors (Lipinski definition) is 0. The molecule has 0 spiro atoms. The summed E-state index contributed by atoms with van der Waals surface area (Å²) >= 11 is 0. The van der Waals surface area contributed by atoms with Crippen molar-refractivity contribution < 1.29 is 4.79 Å². The maximum Gasteiger partial charge on any atom is 0.254 e. The van der Waals surface area contributed by atoms with Crippen molar-refractivity contribution in [1.82, 2.24) is 14.9 Å². The molecule has 1 aliphatic rings. The third kappa shape index (κ3) is 3.45. The largest absolute Gasteiger partial charge is 0.339 e. The Morgan fingerprint density at radius 3 is 2.73 bits per heavy atom. The molecule has 4 nitrogen and oxygen atoms in total. The number of amides is 1. The second kappa shape index (κ2) is 7.24. The molecule has 1 fully saturated rings. The van der Waals surface area contributed by atoms with Crippen LogP contribution in [0.4, 0.5) is 0 Å². The molecule has 0 saturated carbocycles. The van der Waals surface area contributed by atoms with E-state index in [1.165, 1.54) is 5.56 Å². The van der Waals surface area contributed by atoms with Crippen molar-refractivity contribution >= 4 is 16.8 Å². The molecule has 132 valence electrons. The number of aromatic nitrogens is 2. The lowest BCUT2D eigenvalue weighted by atomic mass is 9.90. The number of aryl methyl sites for hydroxylation is 1. The Morgan fingerprint density at radius 1 is 1.08 bits per heavy atom. The second-order valence-electron chi connectivity index (χ2n) is 7.12. The molecule has 1 saturated heterocycles. The Bertz CT molecular complexity index is 924. The van der Waals surface area contributed by atoms with E-state index in [-0.39, 0.29) is 5.91 Å². The predicted molar refractivity (Wildman–Crippen MR) is 103 cm³/mol. The van der Waals surface area contributed by atoms with Crippen LogP contribution in [0, 0.1) is 12.8 Å². The number of piperidine rings is 1. The minimum absolute atomic E-state index is 0.127. The van der Waals surface area contributed by atoms with Gasteiger partial charge in [-0.1, -0.05) is 12.1 Å². The molecule has 0 unspecified atom stereocenters. The van der Waals surface area contributed by atoms with Gasteiger partial charge in [0.1, 0.15) is 0 Å². The second-order valence-corrected chi connectivity index (χ2v) is 7.12. The highest BCUT2D eigenvalue weighted by atomic mass is 16.2. The fourth-order valence-electron chi connectivity index (χ4n) is 3.86. The zero-order valence-electron chi connectivity index (χ0n) is 15.1. The van der Waals surface area contributed by atoms with Gasteiger partial charge in [0.2, 0.25) is 0 Å². The fraction of sp³-hybridized carbons (Fsp3) is 0.318. The van der Waals surface area contributed by atoms with E-state index >= 15 is 0 Å². The predicted octanol–water partition coefficient (Wildman–Crippen LogP) is 4.03. The smallest absolute Gasteiger partial charge is 0.254 e. The third-order valence-corrected chi connectivity index (χ3v) is 5.26. The van der Waals surface area contributed by atoms with Crippen LogP contribution in [0.1, 0.15) is 34.5 Å². The Morgan fingerprint density at radius 2 is 1.92 bits per heavy atom. The van der Waals surface area contributed by atoms with Crippen molar-refractivity contribution in [1.29, 1.82) is 0 Å². The van der Waals surface area contributed by atoms with E-state index in [0.717, 1.165) is 54.5 Å². The third-order valence-electron chi connectivity index (χ3n) is 5.26. The van der Waals surface area contributed by atoms with Crippen LogP contribution in [0.5, 0.6) is 0 Å². The quantitative estimate of drug-likeness (QED) is 0.720. The Hall–Kier alpha value is -2.75. The topological polar surface area (TPSA) is 46.1 Å². The molecule has 26 heavy (non-hydrogen) atoms. The fourth-order valence-corrected chi connectivity index (χ4v) is 3.86. The first-order valence-electron chi connectivity index (χ1n) is 9.25. The summed E-state index contributed by atoms with van der Waals surface area (Å²) < 4.78 is 0. The Balaban J connectivity index is 1.43. The van der Waals surface area contributed by atoms with Gasteiger partial charge in [0, 0.05) is 42.1 Å². The van der Waals surface area contributed by atoms with E-state index in [1.807, 2.05) is 48.4 Å². The normalized spacial score (nSPS) is 15.3. The summed E-state index contributed by atoms with van der Waals surface area (Å²) in [5.74, 6) is 0.761. The van der Waals surface area contributed by atoms with Crippen LogP contribution in [0.15, 0.2) is 54.9 Å². The van der Waals surface area contributed by atoms with Crippen LogP contribution in [-0.2, 0) is 6.42 Å². The van der Waals surface area contributed by atoms with E-state index < -0.39 is 0 Å². The standard InChI is InChI=1S/C22H23N3O/c1-16-14-18(7-11-23-16)15-17-8-12-25(13-9-17)22(26)20-4-2-6-21-19(20)5-3-10-24-21/h2-7,10-11,14,17H,8-9,12-13,15H2,1H3. The maximum absolute atomic E-state index is 13.0. The number of hydrogen-bond acceptors (Lipinski definition) is 3. The molecular formula is C22H23N3O. The summed E-state index contributed by atoms with van der Waals surface area (Å²) in [6.07, 6.45) is 6.83. The van der Waals surface area contributed by atoms with Crippen LogP contribution in [0.3, 0.4) is 0 Å². The molecule has 4 heteroatoms. The van der Waals surface area contributed by atoms with Crippen LogP contribution >= 0.6 is 0 Å². The monoisotopic (exact) mass is 345 g/mol. The van der Waals surface area contributed by atoms with E-state index in [4.69, 9.17) is 0 Å². The van der Waals surface area contributed by atoms with Gasteiger partial charge in [-0.15, -0.1) is 0 Å². The number of carbonyl (C=O) groups is 1. The van der Waals surface area contributed by atoms with Crippen molar-refractivity contribution in [3.05, 3.63) is 71.7 Å². The summed E-state index contributed by atoms with van der Waals surface area (Å²) in [4.78, 5) is 23.6. The van der Waals surface area contributed by atoms with Crippen molar-refractivity contribution in [2.45, 2.75) is 26.2 Å². The Kier molecular flexibility index (Phi) is 4.65. The highest BCUT2D eigenvalue weighted by Crippen LogP contribution is 2.25. The molecule has 2 aromatic heterocycles. The molecule has 0 N–H and O–H groups in total. The summed E-state index contributed by atoms with van der Waals surface area (Å²) in [5.41, 5.74) is 4.06. The van der Waals surface area contributed by atoms with Gasteiger partial charge in [0.05, 0.1) is 5.52 Å². The SMILES string of the molecule is Cc1cc(CC2CCN(C(=O)c3cccc4ncccc34)CC2)ccn1. The molecule has 1 aromatic carbocycles. The highest BCUT2D eigenvalue weighted by Gasteiger charge is 2.24. The molecule has 0 aliphatic carbocycles. The molecule has 3 aromatic rings. The first-order chi connectivity index (χ1) is 12.7. The first-order valence-corrected chi connectivity index (χ1v) is 9.25. The molecular weight excluding hydrogens is 322 g/mol. The zero-order valence-corrected chi connectivity index (χ0v) is 15.1. The first kappa shape index (κ1) is 16.7. The van der Waals surface area contributed by atoms with E-state index in [9.17, 15) is 4.79 Å². The summed E-state index contributed by atoms with van der Waals surface area (Å²) in [6.45, 7) is 3.68. The van der Waals surface area contributed by atoms with Crippen LogP contribution in [0.25, 0.3) is 10.9 Å². The maximum atomic E-state index is 13.0. The van der Waals surface area contributed by atoms with E-state index in [2.05, 4.69) is 22.1 Å². The van der Waals surface area contributed by atoms with Crippen molar-refractivity contribution in [2.75, 3.05) is 13.1 Å². The number of benzene rings is 1. The molecule has 4 rings (SSSR count). The van der Waals surface area contributed by atoms with Crippen LogP contribution < -0.4 is 0 Å². The summed E-state index contributed by atoms with van der Waals surface area (Å²) in [6, 6.07) is 13.9. The van der Waals surface area contributed by atoms with Gasteiger partial charge < -0.3 is 4.90 Å². The number of likely N-dealkylation sites (tertiary alicyclic amines) is 1. The van der Waals surface area contributed by atoms with E-state index in [0.29, 0.717) is 5.92 Å². The lowest BCUT2D eigenvalue weighted by molar-refractivity contribution is 0.0692. The van der Waals surface area contributed by atoms with Gasteiger partial charge in [-0.3, -0.25) is 14.8 Å². The zero-order chi connectivity index (χ0) is 17.9. The number of fused-ring (bicyclic) bond motifs is 1. The summed E-state index contributed by atoms with van der Waals surface area (Å²) in [7, 11) is 0. The number of pyridine rings is 2. The highest BCUT2D eigenvalue weighted by molar-refractivity contribution is 6.06. The van der Waals surface area contributed by atoms with Gasteiger partial charge in [-0.2, -0.15) is 0 Å². The molecule has 0 radical (unpaired) electrons. The van der Waals surface area contributed by atoms with Crippen molar-refractivity contribution in [2.24, 2.45) is 5.92 Å². The van der Waals surface area contributed by atoms with Gasteiger partial charge >= 0.3 is 0 Å². The number of rotatable bonds is 3. The average Bonchev–Trinajstić information content (AvgIpc) is 2.68. The van der Waals surface area contributed by atoms with Gasteiger partial charge in [-0.05, 0) is 68.0 Å². The van der Waals surface area contributed by atoms with Gasteiger partial charge in [0.15, 0.2) is 0 Å². The molecule has 1 aliphatic heterocycles. The molecule has 1 amide bonds. The van der Waals surface area contributed by atoms with E-state index in [1.54, 1.807) is 6.20 Å². The number of nitrogens with zero attached hydrogens (tertiary/aromatic N) is 3. The van der Waals surface area contributed by atoms with Crippen molar-refractivity contribution in [3.63, 3.8) is 0 Å². The molecule has 0 atom stereocenters. The van der Waals surface area contributed by atoms with Gasteiger partial charge in [0.25, 0.3) is 5.91 Å². The summed E-state index contributed by atoms with van der Waals surface area (Å²) in [5, 5.41) is 0.939. The lowest BCUT2D eigenvalue weighted by Crippen LogP contribution is -2.39. The van der Waals surface area contributed by atoms with Crippen LogP contribution in [-0.4, -0.2) is 33.9 Å².